The van der Waals surface area contributed by atoms with Crippen molar-refractivity contribution in [2.75, 3.05) is 0 Å². The zero-order chi connectivity index (χ0) is 20.9. The predicted octanol–water partition coefficient (Wildman–Crippen LogP) is 8.26. The van der Waals surface area contributed by atoms with Gasteiger partial charge in [0, 0.05) is 0 Å². The molecule has 3 rings (SSSR count). The maximum Gasteiger partial charge on any atom is 0.511 e. The van der Waals surface area contributed by atoms with Gasteiger partial charge in [-0.25, -0.2) is 4.79 Å². The molecule has 2 aliphatic rings. The van der Waals surface area contributed by atoms with Crippen LogP contribution in [-0.2, 0) is 6.42 Å². The molecular formula is C26H42O3. The second-order valence-corrected chi connectivity index (χ2v) is 9.08. The first kappa shape index (κ1) is 23.8. The zero-order valence-corrected chi connectivity index (χ0v) is 18.7. The minimum Gasteiger partial charge on any atom is -0.449 e. The van der Waals surface area contributed by atoms with Gasteiger partial charge >= 0.3 is 6.16 Å². The van der Waals surface area contributed by atoms with Crippen molar-refractivity contribution in [2.45, 2.75) is 104 Å². The Bertz CT molecular complexity index is 552. The highest BCUT2D eigenvalue weighted by Gasteiger charge is 2.28. The van der Waals surface area contributed by atoms with Crippen LogP contribution in [0.5, 0.6) is 5.75 Å². The van der Waals surface area contributed by atoms with Crippen LogP contribution in [0, 0.1) is 17.8 Å². The second kappa shape index (κ2) is 13.7. The molecule has 29 heavy (non-hydrogen) atoms. The van der Waals surface area contributed by atoms with Gasteiger partial charge in [0.2, 0.25) is 0 Å². The molecule has 2 aliphatic carbocycles. The molecule has 0 radical (unpaired) electrons. The second-order valence-electron chi connectivity index (χ2n) is 9.08. The highest BCUT2D eigenvalue weighted by atomic mass is 16.7. The first-order chi connectivity index (χ1) is 14.1. The Hall–Kier alpha value is -1.51. The molecule has 3 nitrogen and oxygen atoms in total. The number of rotatable bonds is 7. The maximum atomic E-state index is 10.2. The number of hydrogen-bond acceptors (Lipinski definition) is 2. The van der Waals surface area contributed by atoms with Crippen LogP contribution < -0.4 is 4.74 Å². The summed E-state index contributed by atoms with van der Waals surface area (Å²) in [6.07, 6.45) is 19.1. The summed E-state index contributed by atoms with van der Waals surface area (Å²) >= 11 is 0. The van der Waals surface area contributed by atoms with Crippen molar-refractivity contribution >= 4 is 6.16 Å². The molecule has 0 unspecified atom stereocenters. The molecule has 3 heteroatoms. The van der Waals surface area contributed by atoms with Crippen LogP contribution >= 0.6 is 0 Å². The van der Waals surface area contributed by atoms with Gasteiger partial charge in [0.25, 0.3) is 0 Å². The van der Waals surface area contributed by atoms with Gasteiger partial charge in [-0.3, -0.25) is 0 Å². The molecule has 0 bridgehead atoms. The lowest BCUT2D eigenvalue weighted by atomic mass is 9.70. The van der Waals surface area contributed by atoms with E-state index in [1.54, 1.807) is 50.7 Å². The van der Waals surface area contributed by atoms with Crippen molar-refractivity contribution in [1.29, 1.82) is 0 Å². The van der Waals surface area contributed by atoms with E-state index in [-0.39, 0.29) is 0 Å². The molecule has 0 aromatic heterocycles. The summed E-state index contributed by atoms with van der Waals surface area (Å²) in [7, 11) is 0. The molecular weight excluding hydrogens is 360 g/mol. The molecule has 0 atom stereocenters. The highest BCUT2D eigenvalue weighted by Crippen LogP contribution is 2.40. The fraction of sp³-hybridized carbons (Fsp3) is 0.731. The van der Waals surface area contributed by atoms with Gasteiger partial charge in [-0.1, -0.05) is 96.6 Å². The van der Waals surface area contributed by atoms with Gasteiger partial charge in [0.15, 0.2) is 0 Å². The Kier molecular flexibility index (Phi) is 11.2. The number of benzene rings is 1. The minimum absolute atomic E-state index is 0.368. The lowest BCUT2D eigenvalue weighted by molar-refractivity contribution is 0.144. The Balaban J connectivity index is 0.000000212. The molecule has 0 heterocycles. The molecule has 1 aromatic rings. The van der Waals surface area contributed by atoms with E-state index < -0.39 is 6.16 Å². The van der Waals surface area contributed by atoms with Crippen molar-refractivity contribution in [3.63, 3.8) is 0 Å². The fourth-order valence-electron chi connectivity index (χ4n) is 5.16. The van der Waals surface area contributed by atoms with E-state index in [9.17, 15) is 4.79 Å². The molecule has 0 amide bonds. The summed E-state index contributed by atoms with van der Waals surface area (Å²) in [6.45, 7) is 4.43. The highest BCUT2D eigenvalue weighted by molar-refractivity contribution is 5.61. The third kappa shape index (κ3) is 9.23. The minimum atomic E-state index is -1.27. The average molecular weight is 403 g/mol. The van der Waals surface area contributed by atoms with Gasteiger partial charge in [-0.15, -0.1) is 0 Å². The van der Waals surface area contributed by atoms with Gasteiger partial charge in [0.1, 0.15) is 5.75 Å². The number of aryl methyl sites for hydroxylation is 1. The lowest BCUT2D eigenvalue weighted by Gasteiger charge is -2.35. The first-order valence-corrected chi connectivity index (χ1v) is 12.1. The van der Waals surface area contributed by atoms with Crippen LogP contribution in [0.15, 0.2) is 24.3 Å². The summed E-state index contributed by atoms with van der Waals surface area (Å²) in [5.41, 5.74) is 1.19. The lowest BCUT2D eigenvalue weighted by Crippen LogP contribution is -2.23. The van der Waals surface area contributed by atoms with Crippen molar-refractivity contribution in [2.24, 2.45) is 17.8 Å². The van der Waals surface area contributed by atoms with E-state index in [4.69, 9.17) is 5.11 Å². The van der Waals surface area contributed by atoms with Crippen molar-refractivity contribution in [3.05, 3.63) is 29.8 Å². The van der Waals surface area contributed by atoms with Gasteiger partial charge in [-0.2, -0.15) is 0 Å². The maximum absolute atomic E-state index is 10.2. The van der Waals surface area contributed by atoms with Crippen LogP contribution in [0.3, 0.4) is 0 Å². The standard InChI is InChI=1S/C16H30.C10H12O3/c1-2-3-7-14-10-12-16(13-11-14)15-8-5-4-6-9-15;1-2-3-8-4-6-9(7-5-8)13-10(11)12/h14-16H,2-13H2,1H3;4-7H,2-3H2,1H3,(H,11,12)/t14-,16-;. The normalized spacial score (nSPS) is 22.4. The van der Waals surface area contributed by atoms with Crippen molar-refractivity contribution in [1.82, 2.24) is 0 Å². The van der Waals surface area contributed by atoms with E-state index in [1.807, 2.05) is 12.1 Å². The van der Waals surface area contributed by atoms with E-state index in [0.717, 1.165) is 30.6 Å². The number of carboxylic acid groups (broad SMARTS) is 1. The Morgan fingerprint density at radius 3 is 2.07 bits per heavy atom. The van der Waals surface area contributed by atoms with Crippen molar-refractivity contribution < 1.29 is 14.6 Å². The van der Waals surface area contributed by atoms with Crippen molar-refractivity contribution in [3.8, 4) is 5.75 Å². The molecule has 0 saturated heterocycles. The summed E-state index contributed by atoms with van der Waals surface area (Å²) in [4.78, 5) is 10.2. The largest absolute Gasteiger partial charge is 0.511 e. The van der Waals surface area contributed by atoms with Crippen LogP contribution in [0.25, 0.3) is 0 Å². The van der Waals surface area contributed by atoms with E-state index in [2.05, 4.69) is 18.6 Å². The monoisotopic (exact) mass is 402 g/mol. The Morgan fingerprint density at radius 1 is 0.897 bits per heavy atom. The molecule has 1 N–H and O–H groups in total. The number of unbranched alkanes of at least 4 members (excludes halogenated alkanes) is 1. The Labute approximate surface area is 178 Å². The summed E-state index contributed by atoms with van der Waals surface area (Å²) in [5, 5.41) is 8.32. The molecule has 2 saturated carbocycles. The molecule has 0 aliphatic heterocycles. The van der Waals surface area contributed by atoms with Crippen LogP contribution in [0.4, 0.5) is 4.79 Å². The van der Waals surface area contributed by atoms with Gasteiger partial charge < -0.3 is 9.84 Å². The average Bonchev–Trinajstić information content (AvgIpc) is 2.75. The van der Waals surface area contributed by atoms with E-state index in [1.165, 1.54) is 44.1 Å². The smallest absolute Gasteiger partial charge is 0.449 e. The molecule has 2 fully saturated rings. The fourth-order valence-corrected chi connectivity index (χ4v) is 5.16. The van der Waals surface area contributed by atoms with Crippen LogP contribution in [-0.4, -0.2) is 11.3 Å². The third-order valence-corrected chi connectivity index (χ3v) is 6.84. The van der Waals surface area contributed by atoms with Crippen LogP contribution in [0.1, 0.15) is 103 Å². The number of carbonyl (C=O) groups is 1. The van der Waals surface area contributed by atoms with Crippen LogP contribution in [0.2, 0.25) is 0 Å². The SMILES string of the molecule is CCCC[C@H]1CC[C@H](C2CCCCC2)CC1.CCCc1ccc(OC(=O)O)cc1. The third-order valence-electron chi connectivity index (χ3n) is 6.84. The Morgan fingerprint density at radius 2 is 1.52 bits per heavy atom. The van der Waals surface area contributed by atoms with Gasteiger partial charge in [0.05, 0.1) is 0 Å². The summed E-state index contributed by atoms with van der Waals surface area (Å²) < 4.78 is 4.46. The number of hydrogen-bond donors (Lipinski definition) is 1. The topological polar surface area (TPSA) is 46.5 Å². The van der Waals surface area contributed by atoms with E-state index in [0.29, 0.717) is 5.75 Å². The summed E-state index contributed by atoms with van der Waals surface area (Å²) in [5.74, 6) is 3.71. The van der Waals surface area contributed by atoms with E-state index >= 15 is 0 Å². The number of ether oxygens (including phenoxy) is 1. The quantitative estimate of drug-likeness (QED) is 0.369. The molecule has 1 aromatic carbocycles. The first-order valence-electron chi connectivity index (χ1n) is 12.1. The van der Waals surface area contributed by atoms with Gasteiger partial charge in [-0.05, 0) is 54.7 Å². The molecule has 164 valence electrons. The zero-order valence-electron chi connectivity index (χ0n) is 18.7. The summed E-state index contributed by atoms with van der Waals surface area (Å²) in [6, 6.07) is 7.09. The predicted molar refractivity (Wildman–Crippen MR) is 121 cm³/mol. The molecule has 0 spiro atoms.